The maximum Gasteiger partial charge on any atom is 0.297 e. The molecule has 0 unspecified atom stereocenters. The van der Waals surface area contributed by atoms with E-state index in [-0.39, 0.29) is 42.8 Å². The highest BCUT2D eigenvalue weighted by Crippen LogP contribution is 2.46. The van der Waals surface area contributed by atoms with Crippen LogP contribution in [0.4, 0.5) is 5.69 Å². The zero-order valence-electron chi connectivity index (χ0n) is 29.1. The van der Waals surface area contributed by atoms with E-state index in [0.717, 1.165) is 29.5 Å². The first-order chi connectivity index (χ1) is 23.5. The minimum Gasteiger partial charge on any atom is -0.491 e. The predicted molar refractivity (Wildman–Crippen MR) is 192 cm³/mol. The molecule has 0 bridgehead atoms. The Kier molecular flexibility index (Phi) is 11.1. The summed E-state index contributed by atoms with van der Waals surface area (Å²) in [4.78, 5) is 44.0. The van der Waals surface area contributed by atoms with Gasteiger partial charge in [0.15, 0.2) is 11.4 Å². The number of ether oxygens (including phenoxy) is 1. The van der Waals surface area contributed by atoms with E-state index in [4.69, 9.17) is 4.74 Å². The van der Waals surface area contributed by atoms with Crippen LogP contribution in [-0.4, -0.2) is 57.8 Å². The van der Waals surface area contributed by atoms with Crippen molar-refractivity contribution in [1.82, 2.24) is 9.47 Å². The molecule has 2 N–H and O–H groups in total. The number of aliphatic hydroxyl groups is 2. The fourth-order valence-electron chi connectivity index (χ4n) is 6.71. The Labute approximate surface area is 288 Å². The van der Waals surface area contributed by atoms with Gasteiger partial charge in [-0.3, -0.25) is 19.0 Å². The van der Waals surface area contributed by atoms with Gasteiger partial charge in [-0.15, -0.1) is 0 Å². The van der Waals surface area contributed by atoms with E-state index in [1.54, 1.807) is 65.4 Å². The maximum atomic E-state index is 14.2. The van der Waals surface area contributed by atoms with Gasteiger partial charge in [-0.25, -0.2) is 0 Å². The van der Waals surface area contributed by atoms with E-state index < -0.39 is 17.4 Å². The number of aromatic nitrogens is 1. The largest absolute Gasteiger partial charge is 0.491 e. The van der Waals surface area contributed by atoms with Crippen molar-refractivity contribution in [3.05, 3.63) is 123 Å². The van der Waals surface area contributed by atoms with Gasteiger partial charge in [0.1, 0.15) is 0 Å². The Morgan fingerprint density at radius 2 is 1.82 bits per heavy atom. The second-order valence-corrected chi connectivity index (χ2v) is 13.3. The number of hydrogen-bond donors (Lipinski definition) is 2. The van der Waals surface area contributed by atoms with Crippen molar-refractivity contribution in [3.63, 3.8) is 0 Å². The van der Waals surface area contributed by atoms with Crippen LogP contribution in [0.3, 0.4) is 0 Å². The molecule has 2 aliphatic heterocycles. The number of hydrogen-bond acceptors (Lipinski definition) is 6. The molecule has 5 rings (SSSR count). The monoisotopic (exact) mass is 665 g/mol. The normalized spacial score (nSPS) is 19.5. The minimum atomic E-state index is -1.95. The lowest BCUT2D eigenvalue weighted by Gasteiger charge is -2.36. The zero-order chi connectivity index (χ0) is 35.3. The summed E-state index contributed by atoms with van der Waals surface area (Å²) < 4.78 is 6.66. The average molecular weight is 666 g/mol. The van der Waals surface area contributed by atoms with Crippen LogP contribution in [0.5, 0.6) is 5.75 Å². The Hall–Kier alpha value is -4.73. The lowest BCUT2D eigenvalue weighted by Crippen LogP contribution is -2.46. The van der Waals surface area contributed by atoms with Crippen molar-refractivity contribution >= 4 is 17.5 Å². The molecule has 3 atom stereocenters. The van der Waals surface area contributed by atoms with Crippen LogP contribution < -0.4 is 15.2 Å². The van der Waals surface area contributed by atoms with Crippen molar-refractivity contribution in [1.29, 1.82) is 0 Å². The fourth-order valence-corrected chi connectivity index (χ4v) is 6.71. The van der Waals surface area contributed by atoms with Gasteiger partial charge in [0.2, 0.25) is 5.91 Å². The molecule has 0 saturated carbocycles. The molecule has 0 radical (unpaired) electrons. The first-order valence-corrected chi connectivity index (χ1v) is 16.9. The van der Waals surface area contributed by atoms with E-state index >= 15 is 0 Å². The highest BCUT2D eigenvalue weighted by atomic mass is 16.5. The Morgan fingerprint density at radius 3 is 2.53 bits per heavy atom. The van der Waals surface area contributed by atoms with Crippen molar-refractivity contribution in [2.45, 2.75) is 71.6 Å². The van der Waals surface area contributed by atoms with Gasteiger partial charge in [0.05, 0.1) is 25.4 Å². The lowest BCUT2D eigenvalue weighted by molar-refractivity contribution is -0.139. The molecule has 49 heavy (non-hydrogen) atoms. The number of allylic oxidation sites excluding steroid dienone is 3. The number of rotatable bonds is 12. The van der Waals surface area contributed by atoms with Crippen LogP contribution >= 0.6 is 0 Å². The Balaban J connectivity index is 1.43. The summed E-state index contributed by atoms with van der Waals surface area (Å²) in [5.74, 6) is -1.15. The third-order valence-corrected chi connectivity index (χ3v) is 9.64. The quantitative estimate of drug-likeness (QED) is 0.244. The van der Waals surface area contributed by atoms with E-state index in [9.17, 15) is 24.6 Å². The standard InChI is InChI=1S/C40H47N3O6/c1-27(2)11-8-12-28(3)20-22-42-35-19-18-32(41-21-10-16-36(49-5)38(41)46)24-34(35)40(48,39(42)47)29(4)13-9-17-37(45)43-25-31-15-7-6-14-30(31)23-33(43)26-44/h6-7,9-11,13-16,18-21,24,29,33,44,48H,8,12,17,22-23,25-26H2,1-5H3/b13-9+,28-20+/t29-,33+,40+/m1/s1. The summed E-state index contributed by atoms with van der Waals surface area (Å²) in [6.45, 7) is 8.49. The second kappa shape index (κ2) is 15.2. The molecule has 0 saturated heterocycles. The summed E-state index contributed by atoms with van der Waals surface area (Å²) in [6.07, 6.45) is 11.6. The van der Waals surface area contributed by atoms with Gasteiger partial charge in [-0.05, 0) is 81.5 Å². The van der Waals surface area contributed by atoms with Crippen molar-refractivity contribution in [3.8, 4) is 11.4 Å². The summed E-state index contributed by atoms with van der Waals surface area (Å²) in [7, 11) is 1.43. The molecule has 258 valence electrons. The first kappa shape index (κ1) is 35.6. The van der Waals surface area contributed by atoms with E-state index in [0.29, 0.717) is 29.9 Å². The molecule has 3 aromatic rings. The molecule has 9 heteroatoms. The van der Waals surface area contributed by atoms with Crippen molar-refractivity contribution in [2.24, 2.45) is 5.92 Å². The number of fused-ring (bicyclic) bond motifs is 2. The van der Waals surface area contributed by atoms with Crippen LogP contribution in [0.15, 0.2) is 101 Å². The molecule has 9 nitrogen and oxygen atoms in total. The number of carbonyl (C=O) groups excluding carboxylic acids is 2. The third-order valence-electron chi connectivity index (χ3n) is 9.64. The van der Waals surface area contributed by atoms with Crippen molar-refractivity contribution in [2.75, 3.05) is 25.2 Å². The zero-order valence-corrected chi connectivity index (χ0v) is 29.1. The van der Waals surface area contributed by atoms with E-state index in [2.05, 4.69) is 19.9 Å². The molecule has 2 aliphatic rings. The van der Waals surface area contributed by atoms with Crippen LogP contribution in [0.1, 0.15) is 63.6 Å². The van der Waals surface area contributed by atoms with Crippen LogP contribution in [0, 0.1) is 5.92 Å². The number of methoxy groups -OCH3 is 1. The number of pyridine rings is 1. The highest BCUT2D eigenvalue weighted by Gasteiger charge is 2.52. The SMILES string of the molecule is COc1cccn(-c2ccc3c(c2)[C@@](O)([C@H](C)/C=C/CC(=O)N2Cc4ccccc4C[C@H]2CO)C(=O)N3C/C=C(\C)CCC=C(C)C)c1=O. The molecule has 0 aliphatic carbocycles. The number of amides is 2. The molecule has 2 aromatic carbocycles. The van der Waals surface area contributed by atoms with Crippen LogP contribution in [-0.2, 0) is 28.2 Å². The highest BCUT2D eigenvalue weighted by molar-refractivity contribution is 6.07. The Morgan fingerprint density at radius 1 is 1.06 bits per heavy atom. The van der Waals surface area contributed by atoms with Gasteiger partial charge in [-0.1, -0.05) is 66.6 Å². The molecule has 0 spiro atoms. The molecule has 0 fully saturated rings. The van der Waals surface area contributed by atoms with Gasteiger partial charge in [0, 0.05) is 42.9 Å². The van der Waals surface area contributed by atoms with E-state index in [1.165, 1.54) is 17.3 Å². The first-order valence-electron chi connectivity index (χ1n) is 16.9. The number of anilines is 1. The van der Waals surface area contributed by atoms with Gasteiger partial charge < -0.3 is 24.7 Å². The molecular weight excluding hydrogens is 618 g/mol. The fraction of sp³-hybridized carbons (Fsp3) is 0.375. The molecule has 2 amide bonds. The Bertz CT molecular complexity index is 1850. The van der Waals surface area contributed by atoms with Crippen LogP contribution in [0.25, 0.3) is 5.69 Å². The summed E-state index contributed by atoms with van der Waals surface area (Å²) >= 11 is 0. The maximum absolute atomic E-state index is 14.2. The smallest absolute Gasteiger partial charge is 0.297 e. The molecular formula is C40H47N3O6. The molecule has 3 heterocycles. The number of nitrogens with zero attached hydrogens (tertiary/aromatic N) is 3. The number of benzene rings is 2. The average Bonchev–Trinajstić information content (AvgIpc) is 3.31. The minimum absolute atomic E-state index is 0.0523. The number of carbonyl (C=O) groups is 2. The topological polar surface area (TPSA) is 112 Å². The van der Waals surface area contributed by atoms with Gasteiger partial charge in [0.25, 0.3) is 11.5 Å². The lowest BCUT2D eigenvalue weighted by atomic mass is 9.82. The summed E-state index contributed by atoms with van der Waals surface area (Å²) in [5, 5.41) is 22.4. The van der Waals surface area contributed by atoms with Crippen molar-refractivity contribution < 1.29 is 24.5 Å². The molecule has 1 aromatic heterocycles. The third kappa shape index (κ3) is 7.33. The number of aliphatic hydroxyl groups excluding tert-OH is 1. The summed E-state index contributed by atoms with van der Waals surface area (Å²) in [5.41, 5.74) is 3.70. The summed E-state index contributed by atoms with van der Waals surface area (Å²) in [6, 6.07) is 16.1. The van der Waals surface area contributed by atoms with Crippen LogP contribution in [0.2, 0.25) is 0 Å². The van der Waals surface area contributed by atoms with Gasteiger partial charge in [-0.2, -0.15) is 0 Å². The van der Waals surface area contributed by atoms with E-state index in [1.807, 2.05) is 37.3 Å². The second-order valence-electron chi connectivity index (χ2n) is 13.3. The predicted octanol–water partition coefficient (Wildman–Crippen LogP) is 5.60. The van der Waals surface area contributed by atoms with Gasteiger partial charge >= 0.3 is 0 Å².